The van der Waals surface area contributed by atoms with Crippen LogP contribution < -0.4 is 4.74 Å². The third-order valence-corrected chi connectivity index (χ3v) is 6.90. The average Bonchev–Trinajstić information content (AvgIpc) is 2.87. The molecule has 0 amide bonds. The van der Waals surface area contributed by atoms with E-state index in [4.69, 9.17) is 4.74 Å². The van der Waals surface area contributed by atoms with Gasteiger partial charge in [-0.05, 0) is 53.9 Å². The molecule has 0 aliphatic carbocycles. The Bertz CT molecular complexity index is 1520. The van der Waals surface area contributed by atoms with Crippen molar-refractivity contribution in [3.8, 4) is 28.0 Å². The normalized spacial score (nSPS) is 11.2. The first-order valence-corrected chi connectivity index (χ1v) is 12.8. The molecule has 0 aliphatic heterocycles. The highest BCUT2D eigenvalue weighted by molar-refractivity contribution is 7.90. The molecule has 5 nitrogen and oxygen atoms in total. The van der Waals surface area contributed by atoms with Crippen LogP contribution in [-0.4, -0.2) is 33.3 Å². The lowest BCUT2D eigenvalue weighted by Gasteiger charge is -2.16. The summed E-state index contributed by atoms with van der Waals surface area (Å²) in [5, 5.41) is 0. The van der Waals surface area contributed by atoms with Crippen LogP contribution in [0, 0.1) is 6.92 Å². The number of carbonyl (C=O) groups is 2. The molecule has 0 bridgehead atoms. The van der Waals surface area contributed by atoms with E-state index in [0.29, 0.717) is 22.4 Å². The molecule has 0 heterocycles. The van der Waals surface area contributed by atoms with Crippen LogP contribution in [-0.2, 0) is 9.84 Å². The molecule has 35 heavy (non-hydrogen) atoms. The fourth-order valence-electron chi connectivity index (χ4n) is 3.97. The third kappa shape index (κ3) is 5.08. The Labute approximate surface area is 204 Å². The van der Waals surface area contributed by atoms with Crippen molar-refractivity contribution < 1.29 is 22.7 Å². The minimum Gasteiger partial charge on any atom is -0.497 e. The van der Waals surface area contributed by atoms with Gasteiger partial charge in [0.1, 0.15) is 5.75 Å². The van der Waals surface area contributed by atoms with E-state index in [1.165, 1.54) is 12.1 Å². The van der Waals surface area contributed by atoms with Gasteiger partial charge < -0.3 is 4.74 Å². The standard InChI is InChI=1S/C29H24O5S/c1-19-6-4-7-22(18-19)28(30)29(31)26-9-5-8-25(20-12-16-24(17-13-20)35(3,32)33)27(26)21-10-14-23(34-2)15-11-21/h4-18H,1-3H3. The van der Waals surface area contributed by atoms with Gasteiger partial charge in [-0.1, -0.05) is 66.2 Å². The lowest BCUT2D eigenvalue weighted by atomic mass is 9.87. The smallest absolute Gasteiger partial charge is 0.234 e. The molecule has 4 rings (SSSR count). The Morgan fingerprint density at radius 2 is 1.37 bits per heavy atom. The third-order valence-electron chi connectivity index (χ3n) is 5.77. The first-order valence-electron chi connectivity index (χ1n) is 10.9. The molecule has 4 aromatic carbocycles. The van der Waals surface area contributed by atoms with Crippen LogP contribution in [0.2, 0.25) is 0 Å². The van der Waals surface area contributed by atoms with E-state index in [1.807, 2.05) is 31.2 Å². The van der Waals surface area contributed by atoms with Crippen LogP contribution in [0.3, 0.4) is 0 Å². The summed E-state index contributed by atoms with van der Waals surface area (Å²) >= 11 is 0. The number of Topliss-reactive ketones (excluding diaryl/α,β-unsaturated/α-hetero) is 2. The zero-order valence-corrected chi connectivity index (χ0v) is 20.4. The molecule has 176 valence electrons. The van der Waals surface area contributed by atoms with E-state index in [2.05, 4.69) is 0 Å². The highest BCUT2D eigenvalue weighted by Crippen LogP contribution is 2.37. The first-order chi connectivity index (χ1) is 16.7. The summed E-state index contributed by atoms with van der Waals surface area (Å²) in [5.74, 6) is -0.545. The van der Waals surface area contributed by atoms with Crippen LogP contribution in [0.5, 0.6) is 5.75 Å². The molecule has 0 atom stereocenters. The Hall–Kier alpha value is -4.03. The van der Waals surface area contributed by atoms with Crippen LogP contribution in [0.4, 0.5) is 0 Å². The number of hydrogen-bond donors (Lipinski definition) is 0. The largest absolute Gasteiger partial charge is 0.497 e. The van der Waals surface area contributed by atoms with Gasteiger partial charge in [-0.25, -0.2) is 8.42 Å². The summed E-state index contributed by atoms with van der Waals surface area (Å²) in [5.41, 5.74) is 4.24. The molecule has 0 aromatic heterocycles. The molecule has 0 N–H and O–H groups in total. The van der Waals surface area contributed by atoms with Crippen LogP contribution in [0.1, 0.15) is 26.3 Å². The highest BCUT2D eigenvalue weighted by atomic mass is 32.2. The minimum absolute atomic E-state index is 0.203. The molecule has 0 radical (unpaired) electrons. The van der Waals surface area contributed by atoms with Crippen LogP contribution >= 0.6 is 0 Å². The van der Waals surface area contributed by atoms with E-state index in [9.17, 15) is 18.0 Å². The average molecular weight is 485 g/mol. The maximum Gasteiger partial charge on any atom is 0.234 e. The van der Waals surface area contributed by atoms with Crippen molar-refractivity contribution in [1.29, 1.82) is 0 Å². The molecule has 0 fully saturated rings. The number of sulfone groups is 1. The molecular weight excluding hydrogens is 460 g/mol. The summed E-state index contributed by atoms with van der Waals surface area (Å²) in [6.45, 7) is 1.87. The van der Waals surface area contributed by atoms with E-state index >= 15 is 0 Å². The molecule has 0 aliphatic rings. The van der Waals surface area contributed by atoms with Gasteiger partial charge in [0.15, 0.2) is 9.84 Å². The van der Waals surface area contributed by atoms with Crippen LogP contribution in [0.25, 0.3) is 22.3 Å². The number of ether oxygens (including phenoxy) is 1. The van der Waals surface area contributed by atoms with Crippen molar-refractivity contribution in [2.75, 3.05) is 13.4 Å². The van der Waals surface area contributed by atoms with Crippen molar-refractivity contribution in [2.24, 2.45) is 0 Å². The fraction of sp³-hybridized carbons (Fsp3) is 0.103. The van der Waals surface area contributed by atoms with E-state index in [0.717, 1.165) is 22.9 Å². The SMILES string of the molecule is COc1ccc(-c2c(C(=O)C(=O)c3cccc(C)c3)cccc2-c2ccc(S(C)(=O)=O)cc2)cc1. The topological polar surface area (TPSA) is 77.5 Å². The molecule has 0 unspecified atom stereocenters. The number of rotatable bonds is 7. The number of carbonyl (C=O) groups excluding carboxylic acids is 2. The lowest BCUT2D eigenvalue weighted by molar-refractivity contribution is 0.0817. The predicted octanol–water partition coefficient (Wildman–Crippen LogP) is 5.81. The Morgan fingerprint density at radius 1 is 0.743 bits per heavy atom. The Kier molecular flexibility index (Phi) is 6.67. The zero-order valence-electron chi connectivity index (χ0n) is 19.6. The van der Waals surface area contributed by atoms with Gasteiger partial charge in [0.25, 0.3) is 0 Å². The molecule has 0 spiro atoms. The van der Waals surface area contributed by atoms with Crippen LogP contribution in [0.15, 0.2) is 95.9 Å². The van der Waals surface area contributed by atoms with Gasteiger partial charge in [-0.2, -0.15) is 0 Å². The second kappa shape index (κ2) is 9.68. The summed E-state index contributed by atoms with van der Waals surface area (Å²) in [6, 6.07) is 25.9. The molecule has 0 saturated heterocycles. The summed E-state index contributed by atoms with van der Waals surface area (Å²) in [7, 11) is -1.78. The lowest BCUT2D eigenvalue weighted by Crippen LogP contribution is -2.16. The number of aryl methyl sites for hydroxylation is 1. The predicted molar refractivity (Wildman–Crippen MR) is 137 cm³/mol. The van der Waals surface area contributed by atoms with E-state index in [1.54, 1.807) is 61.7 Å². The number of hydrogen-bond acceptors (Lipinski definition) is 5. The summed E-state index contributed by atoms with van der Waals surface area (Å²) in [6.07, 6.45) is 1.15. The maximum absolute atomic E-state index is 13.5. The van der Waals surface area contributed by atoms with Gasteiger partial charge in [-0.15, -0.1) is 0 Å². The Morgan fingerprint density at radius 3 is 1.97 bits per heavy atom. The van der Waals surface area contributed by atoms with Crippen molar-refractivity contribution >= 4 is 21.4 Å². The molecular formula is C29H24O5S. The number of methoxy groups -OCH3 is 1. The summed E-state index contributed by atoms with van der Waals surface area (Å²) in [4.78, 5) is 26.8. The van der Waals surface area contributed by atoms with Gasteiger partial charge in [0.2, 0.25) is 11.6 Å². The van der Waals surface area contributed by atoms with E-state index < -0.39 is 21.4 Å². The van der Waals surface area contributed by atoms with Crippen molar-refractivity contribution in [3.05, 3.63) is 108 Å². The quantitative estimate of drug-likeness (QED) is 0.244. The highest BCUT2D eigenvalue weighted by Gasteiger charge is 2.24. The van der Waals surface area contributed by atoms with Crippen molar-refractivity contribution in [1.82, 2.24) is 0 Å². The first kappa shape index (κ1) is 24.1. The number of ketones is 2. The minimum atomic E-state index is -3.35. The van der Waals surface area contributed by atoms with Gasteiger partial charge in [0.05, 0.1) is 12.0 Å². The molecule has 4 aromatic rings. The zero-order chi connectivity index (χ0) is 25.2. The molecule has 0 saturated carbocycles. The maximum atomic E-state index is 13.5. The van der Waals surface area contributed by atoms with E-state index in [-0.39, 0.29) is 10.5 Å². The second-order valence-corrected chi connectivity index (χ2v) is 10.3. The Balaban J connectivity index is 1.90. The van der Waals surface area contributed by atoms with Gasteiger partial charge in [0, 0.05) is 22.9 Å². The van der Waals surface area contributed by atoms with Crippen molar-refractivity contribution in [3.63, 3.8) is 0 Å². The second-order valence-electron chi connectivity index (χ2n) is 8.28. The number of benzene rings is 4. The van der Waals surface area contributed by atoms with Crippen molar-refractivity contribution in [2.45, 2.75) is 11.8 Å². The summed E-state index contributed by atoms with van der Waals surface area (Å²) < 4.78 is 29.1. The van der Waals surface area contributed by atoms with Gasteiger partial charge in [-0.3, -0.25) is 9.59 Å². The fourth-order valence-corrected chi connectivity index (χ4v) is 4.60. The molecule has 6 heteroatoms. The monoisotopic (exact) mass is 484 g/mol. The van der Waals surface area contributed by atoms with Gasteiger partial charge >= 0.3 is 0 Å².